The van der Waals surface area contributed by atoms with Crippen LogP contribution in [0.3, 0.4) is 0 Å². The number of aromatic nitrogens is 2. The monoisotopic (exact) mass is 424 g/mol. The van der Waals surface area contributed by atoms with E-state index in [1.165, 1.54) is 0 Å². The van der Waals surface area contributed by atoms with Crippen LogP contribution in [0, 0.1) is 26.2 Å². The number of rotatable bonds is 7. The van der Waals surface area contributed by atoms with Gasteiger partial charge in [0.05, 0.1) is 24.5 Å². The normalized spacial score (nSPS) is 14.7. The second-order valence-corrected chi connectivity index (χ2v) is 8.54. The van der Waals surface area contributed by atoms with Crippen molar-refractivity contribution >= 4 is 22.8 Å². The van der Waals surface area contributed by atoms with Crippen molar-refractivity contribution < 1.29 is 19.4 Å². The largest absolute Gasteiger partial charge is 0.508 e. The number of methoxy groups -OCH3 is 1. The number of anilines is 1. The minimum Gasteiger partial charge on any atom is -0.508 e. The molecule has 31 heavy (non-hydrogen) atoms. The Balaban J connectivity index is 1.91. The Bertz CT molecular complexity index is 1190. The summed E-state index contributed by atoms with van der Waals surface area (Å²) >= 11 is 0. The van der Waals surface area contributed by atoms with Crippen molar-refractivity contribution in [2.24, 2.45) is 11.1 Å². The van der Waals surface area contributed by atoms with Gasteiger partial charge in [0.15, 0.2) is 5.65 Å². The average molecular weight is 425 g/mol. The fourth-order valence-corrected chi connectivity index (χ4v) is 4.14. The van der Waals surface area contributed by atoms with Gasteiger partial charge in [-0.2, -0.15) is 4.98 Å². The van der Waals surface area contributed by atoms with Crippen LogP contribution in [0.15, 0.2) is 18.2 Å². The molecule has 8 nitrogen and oxygen atoms in total. The van der Waals surface area contributed by atoms with Crippen molar-refractivity contribution in [3.8, 4) is 17.3 Å². The summed E-state index contributed by atoms with van der Waals surface area (Å²) in [5.41, 5.74) is 15.7. The number of aryl methyl sites for hydroxylation is 2. The minimum absolute atomic E-state index is 0.0373. The van der Waals surface area contributed by atoms with Gasteiger partial charge in [-0.25, -0.2) is 0 Å². The molecule has 0 saturated heterocycles. The number of nitrogens with two attached hydrogens (primary N) is 2. The van der Waals surface area contributed by atoms with Gasteiger partial charge in [-0.05, 0) is 51.3 Å². The maximum Gasteiger partial charge on any atom is 0.253 e. The highest BCUT2D eigenvalue weighted by molar-refractivity contribution is 6.11. The first kappa shape index (κ1) is 21.0. The molecule has 0 radical (unpaired) electrons. The molecule has 0 bridgehead atoms. The third-order valence-corrected chi connectivity index (χ3v) is 6.12. The van der Waals surface area contributed by atoms with Gasteiger partial charge < -0.3 is 26.0 Å². The maximum absolute atomic E-state index is 12.3. The van der Waals surface area contributed by atoms with Crippen molar-refractivity contribution in [1.29, 1.82) is 0 Å². The number of carbonyl (C=O) groups is 1. The van der Waals surface area contributed by atoms with Crippen LogP contribution in [0.5, 0.6) is 11.6 Å². The number of phenolic OH excluding ortho intramolecular Hbond substituents is 1. The topological polar surface area (TPSA) is 126 Å². The number of nitrogens with zero attached hydrogens (tertiary/aromatic N) is 2. The summed E-state index contributed by atoms with van der Waals surface area (Å²) in [7, 11) is 1.69. The third-order valence-electron chi connectivity index (χ3n) is 6.12. The lowest BCUT2D eigenvalue weighted by atomic mass is 10.1. The first-order valence-corrected chi connectivity index (χ1v) is 10.2. The zero-order chi connectivity index (χ0) is 22.5. The lowest BCUT2D eigenvalue weighted by molar-refractivity contribution is 0.100. The van der Waals surface area contributed by atoms with Gasteiger partial charge in [0.25, 0.3) is 5.91 Å². The molecule has 8 heteroatoms. The fraction of sp³-hybridized carbons (Fsp3) is 0.391. The molecular weight excluding hydrogens is 396 g/mol. The summed E-state index contributed by atoms with van der Waals surface area (Å²) in [5.74, 6) is 0.145. The van der Waals surface area contributed by atoms with Crippen molar-refractivity contribution in [2.75, 3.05) is 26.1 Å². The Morgan fingerprint density at radius 1 is 1.23 bits per heavy atom. The van der Waals surface area contributed by atoms with Crippen LogP contribution in [0.2, 0.25) is 0 Å². The van der Waals surface area contributed by atoms with E-state index < -0.39 is 5.91 Å². The van der Waals surface area contributed by atoms with Gasteiger partial charge in [0.2, 0.25) is 5.88 Å². The van der Waals surface area contributed by atoms with E-state index in [9.17, 15) is 9.90 Å². The number of carbonyl (C=O) groups excluding carboxylic acids is 1. The Morgan fingerprint density at radius 2 is 1.94 bits per heavy atom. The molecule has 0 atom stereocenters. The number of phenols is 1. The number of nitrogen functional groups attached to an aromatic ring is 1. The summed E-state index contributed by atoms with van der Waals surface area (Å²) in [4.78, 5) is 17.0. The quantitative estimate of drug-likeness (QED) is 0.535. The molecule has 1 saturated carbocycles. The highest BCUT2D eigenvalue weighted by Crippen LogP contribution is 2.46. The molecule has 3 aromatic rings. The van der Waals surface area contributed by atoms with Crippen LogP contribution in [0.1, 0.15) is 39.9 Å². The van der Waals surface area contributed by atoms with Crippen molar-refractivity contribution in [3.05, 3.63) is 40.5 Å². The number of amides is 1. The second kappa shape index (κ2) is 7.46. The average Bonchev–Trinajstić information content (AvgIpc) is 3.42. The summed E-state index contributed by atoms with van der Waals surface area (Å²) < 4.78 is 13.1. The minimum atomic E-state index is -0.636. The molecule has 0 unspecified atom stereocenters. The molecule has 1 aliphatic carbocycles. The molecular formula is C23H28N4O4. The van der Waals surface area contributed by atoms with E-state index in [1.54, 1.807) is 30.7 Å². The zero-order valence-corrected chi connectivity index (χ0v) is 18.3. The molecule has 1 aliphatic rings. The lowest BCUT2D eigenvalue weighted by Crippen LogP contribution is -2.19. The van der Waals surface area contributed by atoms with Crippen molar-refractivity contribution in [2.45, 2.75) is 33.6 Å². The Hall–Kier alpha value is -3.26. The summed E-state index contributed by atoms with van der Waals surface area (Å²) in [6.45, 7) is 6.72. The zero-order valence-electron chi connectivity index (χ0n) is 18.3. The molecule has 4 rings (SSSR count). The van der Waals surface area contributed by atoms with E-state index in [4.69, 9.17) is 25.9 Å². The van der Waals surface area contributed by atoms with Gasteiger partial charge in [0, 0.05) is 29.0 Å². The highest BCUT2D eigenvalue weighted by atomic mass is 16.5. The molecule has 0 aliphatic heterocycles. The second-order valence-electron chi connectivity index (χ2n) is 8.54. The van der Waals surface area contributed by atoms with Gasteiger partial charge in [-0.1, -0.05) is 6.07 Å². The van der Waals surface area contributed by atoms with Crippen LogP contribution in [-0.4, -0.2) is 40.9 Å². The van der Waals surface area contributed by atoms with Crippen LogP contribution in [-0.2, 0) is 4.74 Å². The van der Waals surface area contributed by atoms with E-state index in [0.717, 1.165) is 24.0 Å². The standard InChI is InChI=1S/C23H28N4O4/c1-12-5-6-16(28)14(3)18(12)27-19(24)17(20(25)29)15-9-13(2)22(26-21(15)27)31-11-23(7-8-23)10-30-4/h5-6,9,28H,7-8,10-11,24H2,1-4H3,(H2,25,29). The number of fused-ring (bicyclic) bond motifs is 1. The predicted octanol–water partition coefficient (Wildman–Crippen LogP) is 3.14. The highest BCUT2D eigenvalue weighted by Gasteiger charge is 2.44. The van der Waals surface area contributed by atoms with Crippen LogP contribution < -0.4 is 16.2 Å². The molecule has 2 aromatic heterocycles. The number of hydrogen-bond acceptors (Lipinski definition) is 6. The lowest BCUT2D eigenvalue weighted by Gasteiger charge is -2.17. The van der Waals surface area contributed by atoms with Gasteiger partial charge in [-0.15, -0.1) is 0 Å². The van der Waals surface area contributed by atoms with Crippen LogP contribution in [0.4, 0.5) is 5.82 Å². The Labute approximate surface area is 180 Å². The number of pyridine rings is 1. The van der Waals surface area contributed by atoms with E-state index in [0.29, 0.717) is 41.4 Å². The van der Waals surface area contributed by atoms with Crippen LogP contribution in [0.25, 0.3) is 16.7 Å². The fourth-order valence-electron chi connectivity index (χ4n) is 4.14. The Kier molecular flexibility index (Phi) is 5.05. The molecule has 1 fully saturated rings. The Morgan fingerprint density at radius 3 is 2.55 bits per heavy atom. The van der Waals surface area contributed by atoms with E-state index in [2.05, 4.69) is 0 Å². The summed E-state index contributed by atoms with van der Waals surface area (Å²) in [6.07, 6.45) is 2.11. The summed E-state index contributed by atoms with van der Waals surface area (Å²) in [6, 6.07) is 5.25. The molecule has 2 heterocycles. The number of primary amides is 1. The summed E-state index contributed by atoms with van der Waals surface area (Å²) in [5, 5.41) is 10.8. The predicted molar refractivity (Wildman–Crippen MR) is 119 cm³/mol. The van der Waals surface area contributed by atoms with E-state index in [-0.39, 0.29) is 22.5 Å². The van der Waals surface area contributed by atoms with Gasteiger partial charge in [0.1, 0.15) is 11.6 Å². The first-order chi connectivity index (χ1) is 14.7. The molecule has 5 N–H and O–H groups in total. The van der Waals surface area contributed by atoms with Crippen LogP contribution >= 0.6 is 0 Å². The van der Waals surface area contributed by atoms with Gasteiger partial charge in [-0.3, -0.25) is 9.36 Å². The smallest absolute Gasteiger partial charge is 0.253 e. The maximum atomic E-state index is 12.3. The van der Waals surface area contributed by atoms with Crippen molar-refractivity contribution in [1.82, 2.24) is 9.55 Å². The number of hydrogen-bond donors (Lipinski definition) is 3. The first-order valence-electron chi connectivity index (χ1n) is 10.2. The molecule has 164 valence electrons. The molecule has 1 aromatic carbocycles. The SMILES string of the molecule is COCC1(COc2nc3c(cc2C)c(C(N)=O)c(N)n3-c2c(C)ccc(O)c2C)CC1. The van der Waals surface area contributed by atoms with E-state index in [1.807, 2.05) is 19.9 Å². The third kappa shape index (κ3) is 3.46. The van der Waals surface area contributed by atoms with Gasteiger partial charge >= 0.3 is 0 Å². The van der Waals surface area contributed by atoms with E-state index >= 15 is 0 Å². The number of benzene rings is 1. The number of ether oxygens (including phenoxy) is 2. The molecule has 1 amide bonds. The van der Waals surface area contributed by atoms with Crippen molar-refractivity contribution in [3.63, 3.8) is 0 Å². The molecule has 0 spiro atoms. The number of aromatic hydroxyl groups is 1.